The fraction of sp³-hybridized carbons (Fsp3) is 0.304. The van der Waals surface area contributed by atoms with Crippen LogP contribution in [0.2, 0.25) is 0 Å². The van der Waals surface area contributed by atoms with Gasteiger partial charge in [0.15, 0.2) is 11.5 Å². The molecule has 2 aromatic rings. The highest BCUT2D eigenvalue weighted by molar-refractivity contribution is 6.12. The number of halogens is 1. The lowest BCUT2D eigenvalue weighted by Crippen LogP contribution is -2.47. The van der Waals surface area contributed by atoms with Gasteiger partial charge in [-0.15, -0.1) is 0 Å². The van der Waals surface area contributed by atoms with Crippen LogP contribution < -0.4 is 15.0 Å². The quantitative estimate of drug-likeness (QED) is 0.797. The zero-order valence-corrected chi connectivity index (χ0v) is 16.1. The Bertz CT molecular complexity index is 951. The number of carbonyl (C=O) groups excluding carboxylic acids is 2. The van der Waals surface area contributed by atoms with Crippen LogP contribution in [0.15, 0.2) is 54.3 Å². The van der Waals surface area contributed by atoms with Gasteiger partial charge < -0.3 is 10.1 Å². The van der Waals surface area contributed by atoms with E-state index in [1.165, 1.54) is 23.5 Å². The van der Waals surface area contributed by atoms with Crippen molar-refractivity contribution < 1.29 is 18.7 Å². The third kappa shape index (κ3) is 4.31. The van der Waals surface area contributed by atoms with Gasteiger partial charge >= 0.3 is 0 Å². The average Bonchev–Trinajstić information content (AvgIpc) is 2.73. The third-order valence-electron chi connectivity index (χ3n) is 5.30. The maximum absolute atomic E-state index is 14.0. The number of hydrogen-bond donors (Lipinski definition) is 1. The summed E-state index contributed by atoms with van der Waals surface area (Å²) in [6, 6.07) is 13.4. The molecule has 150 valence electrons. The van der Waals surface area contributed by atoms with Gasteiger partial charge in [0.05, 0.1) is 5.69 Å². The highest BCUT2D eigenvalue weighted by atomic mass is 19.1. The second kappa shape index (κ2) is 8.47. The molecule has 2 aliphatic rings. The Morgan fingerprint density at radius 1 is 1.10 bits per heavy atom. The first kappa shape index (κ1) is 19.2. The monoisotopic (exact) mass is 394 g/mol. The number of rotatable bonds is 4. The number of benzene rings is 2. The molecule has 2 aromatic carbocycles. The van der Waals surface area contributed by atoms with Crippen LogP contribution in [0.4, 0.5) is 10.1 Å². The first-order valence-electron chi connectivity index (χ1n) is 9.96. The van der Waals surface area contributed by atoms with Crippen LogP contribution in [-0.2, 0) is 9.59 Å². The van der Waals surface area contributed by atoms with Crippen molar-refractivity contribution in [3.63, 3.8) is 0 Å². The number of para-hydroxylation sites is 2. The minimum absolute atomic E-state index is 0.0146. The molecular formula is C23H23FN2O3. The number of nitrogens with zero attached hydrogens (tertiary/aromatic N) is 1. The molecule has 2 amide bonds. The van der Waals surface area contributed by atoms with Crippen LogP contribution in [0.25, 0.3) is 6.08 Å². The van der Waals surface area contributed by atoms with E-state index in [-0.39, 0.29) is 29.8 Å². The summed E-state index contributed by atoms with van der Waals surface area (Å²) < 4.78 is 19.8. The van der Waals surface area contributed by atoms with Crippen molar-refractivity contribution in [1.29, 1.82) is 0 Å². The van der Waals surface area contributed by atoms with Crippen molar-refractivity contribution in [3.8, 4) is 5.75 Å². The second-order valence-corrected chi connectivity index (χ2v) is 7.39. The molecule has 0 atom stereocenters. The van der Waals surface area contributed by atoms with Gasteiger partial charge in [-0.3, -0.25) is 14.5 Å². The van der Waals surface area contributed by atoms with E-state index in [4.69, 9.17) is 4.74 Å². The predicted octanol–water partition coefficient (Wildman–Crippen LogP) is 4.04. The minimum atomic E-state index is -0.467. The fourth-order valence-corrected chi connectivity index (χ4v) is 3.82. The molecule has 0 saturated heterocycles. The molecule has 1 saturated carbocycles. The maximum atomic E-state index is 14.0. The van der Waals surface area contributed by atoms with Crippen LogP contribution in [-0.4, -0.2) is 24.4 Å². The smallest absolute Gasteiger partial charge is 0.294 e. The van der Waals surface area contributed by atoms with Gasteiger partial charge in [0, 0.05) is 11.6 Å². The third-order valence-corrected chi connectivity index (χ3v) is 5.30. The van der Waals surface area contributed by atoms with Crippen molar-refractivity contribution in [1.82, 2.24) is 5.32 Å². The zero-order valence-electron chi connectivity index (χ0n) is 16.1. The number of anilines is 1. The summed E-state index contributed by atoms with van der Waals surface area (Å²) in [5.74, 6) is -0.672. The molecule has 0 spiro atoms. The molecule has 1 N–H and O–H groups in total. The zero-order chi connectivity index (χ0) is 20.2. The summed E-state index contributed by atoms with van der Waals surface area (Å²) in [5.41, 5.74) is 0.781. The summed E-state index contributed by atoms with van der Waals surface area (Å²) in [7, 11) is 0. The molecule has 0 unspecified atom stereocenters. The molecule has 1 aliphatic heterocycles. The SMILES string of the molecule is O=C(CN1C(=O)/C(=C/c2ccccc2F)Oc2ccccc21)NC1CCCCC1. The van der Waals surface area contributed by atoms with E-state index in [1.807, 2.05) is 0 Å². The number of amides is 2. The Hall–Kier alpha value is -3.15. The Labute approximate surface area is 169 Å². The van der Waals surface area contributed by atoms with Crippen LogP contribution in [0.3, 0.4) is 0 Å². The molecule has 1 fully saturated rings. The van der Waals surface area contributed by atoms with Gasteiger partial charge in [0.25, 0.3) is 5.91 Å². The van der Waals surface area contributed by atoms with Gasteiger partial charge in [-0.1, -0.05) is 49.6 Å². The van der Waals surface area contributed by atoms with Crippen LogP contribution in [0.5, 0.6) is 5.75 Å². The van der Waals surface area contributed by atoms with Crippen molar-refractivity contribution in [3.05, 3.63) is 65.7 Å². The number of ether oxygens (including phenoxy) is 1. The van der Waals surface area contributed by atoms with E-state index in [2.05, 4.69) is 5.32 Å². The van der Waals surface area contributed by atoms with Gasteiger partial charge in [-0.25, -0.2) is 4.39 Å². The molecule has 5 nitrogen and oxygen atoms in total. The Morgan fingerprint density at radius 2 is 1.83 bits per heavy atom. The lowest BCUT2D eigenvalue weighted by atomic mass is 9.95. The molecule has 1 heterocycles. The molecule has 0 aromatic heterocycles. The molecule has 0 radical (unpaired) electrons. The standard InChI is InChI=1S/C23H23FN2O3/c24-18-11-5-4-8-16(18)14-21-23(28)26(19-12-6-7-13-20(19)29-21)15-22(27)25-17-9-2-1-3-10-17/h4-8,11-14,17H,1-3,9-10,15H2,(H,25,27)/b21-14-. The lowest BCUT2D eigenvalue weighted by Gasteiger charge is -2.31. The number of carbonyl (C=O) groups is 2. The summed E-state index contributed by atoms with van der Waals surface area (Å²) >= 11 is 0. The van der Waals surface area contributed by atoms with Crippen molar-refractivity contribution in [2.45, 2.75) is 38.1 Å². The van der Waals surface area contributed by atoms with Gasteiger partial charge in [-0.05, 0) is 37.1 Å². The molecule has 0 bridgehead atoms. The first-order valence-corrected chi connectivity index (χ1v) is 9.96. The molecular weight excluding hydrogens is 371 g/mol. The Kier molecular flexibility index (Phi) is 5.60. The average molecular weight is 394 g/mol. The van der Waals surface area contributed by atoms with Gasteiger partial charge in [0.2, 0.25) is 5.91 Å². The Morgan fingerprint density at radius 3 is 2.62 bits per heavy atom. The van der Waals surface area contributed by atoms with Crippen LogP contribution in [0.1, 0.15) is 37.7 Å². The van der Waals surface area contributed by atoms with E-state index in [0.717, 1.165) is 25.7 Å². The van der Waals surface area contributed by atoms with E-state index < -0.39 is 11.7 Å². The number of fused-ring (bicyclic) bond motifs is 1. The highest BCUT2D eigenvalue weighted by Crippen LogP contribution is 2.35. The molecule has 29 heavy (non-hydrogen) atoms. The van der Waals surface area contributed by atoms with E-state index in [0.29, 0.717) is 11.4 Å². The van der Waals surface area contributed by atoms with Gasteiger partial charge in [0.1, 0.15) is 12.4 Å². The van der Waals surface area contributed by atoms with E-state index in [9.17, 15) is 14.0 Å². The maximum Gasteiger partial charge on any atom is 0.294 e. The molecule has 6 heteroatoms. The summed E-state index contributed by atoms with van der Waals surface area (Å²) in [5, 5.41) is 3.04. The van der Waals surface area contributed by atoms with E-state index in [1.54, 1.807) is 42.5 Å². The fourth-order valence-electron chi connectivity index (χ4n) is 3.82. The molecule has 4 rings (SSSR count). The topological polar surface area (TPSA) is 58.6 Å². The summed E-state index contributed by atoms with van der Waals surface area (Å²) in [4.78, 5) is 27.1. The minimum Gasteiger partial charge on any atom is -0.449 e. The van der Waals surface area contributed by atoms with Crippen molar-refractivity contribution in [2.24, 2.45) is 0 Å². The predicted molar refractivity (Wildman–Crippen MR) is 109 cm³/mol. The van der Waals surface area contributed by atoms with E-state index >= 15 is 0 Å². The normalized spacial score (nSPS) is 18.3. The van der Waals surface area contributed by atoms with Gasteiger partial charge in [-0.2, -0.15) is 0 Å². The molecule has 1 aliphatic carbocycles. The summed E-state index contributed by atoms with van der Waals surface area (Å²) in [6.07, 6.45) is 6.74. The van der Waals surface area contributed by atoms with Crippen LogP contribution in [0, 0.1) is 5.82 Å². The Balaban J connectivity index is 1.59. The van der Waals surface area contributed by atoms with Crippen molar-refractivity contribution >= 4 is 23.6 Å². The number of hydrogen-bond acceptors (Lipinski definition) is 3. The van der Waals surface area contributed by atoms with Crippen molar-refractivity contribution in [2.75, 3.05) is 11.4 Å². The first-order chi connectivity index (χ1) is 14.1. The van der Waals surface area contributed by atoms with Crippen LogP contribution >= 0.6 is 0 Å². The second-order valence-electron chi connectivity index (χ2n) is 7.39. The lowest BCUT2D eigenvalue weighted by molar-refractivity contribution is -0.124. The summed E-state index contributed by atoms with van der Waals surface area (Å²) in [6.45, 7) is -0.107. The number of nitrogens with one attached hydrogen (secondary N) is 1. The largest absolute Gasteiger partial charge is 0.449 e. The highest BCUT2D eigenvalue weighted by Gasteiger charge is 2.32.